The van der Waals surface area contributed by atoms with Gasteiger partial charge >= 0.3 is 0 Å². The van der Waals surface area contributed by atoms with E-state index in [1.165, 1.54) is 68.3 Å². The topological polar surface area (TPSA) is 53.2 Å². The van der Waals surface area contributed by atoms with Crippen LogP contribution in [0.3, 0.4) is 0 Å². The molecule has 0 radical (unpaired) electrons. The van der Waals surface area contributed by atoms with Crippen molar-refractivity contribution in [3.05, 3.63) is 64.6 Å². The van der Waals surface area contributed by atoms with Crippen LogP contribution in [0.25, 0.3) is 6.08 Å². The molecule has 4 rings (SSSR count). The second-order valence-corrected chi connectivity index (χ2v) is 8.28. The molecule has 0 unspecified atom stereocenters. The molecule has 2 aromatic heterocycles. The number of rotatable bonds is 6. The van der Waals surface area contributed by atoms with Gasteiger partial charge < -0.3 is 14.7 Å². The van der Waals surface area contributed by atoms with Crippen LogP contribution in [0, 0.1) is 0 Å². The quantitative estimate of drug-likeness (QED) is 0.580. The fourth-order valence-electron chi connectivity index (χ4n) is 4.55. The first-order valence-corrected chi connectivity index (χ1v) is 11.2. The van der Waals surface area contributed by atoms with E-state index in [-0.39, 0.29) is 0 Å². The number of nitrogens with one attached hydrogen (secondary N) is 2. The molecule has 3 heterocycles. The Morgan fingerprint density at radius 2 is 2.14 bits per heavy atom. The molecule has 154 valence electrons. The third kappa shape index (κ3) is 4.58. The highest BCUT2D eigenvalue weighted by Crippen LogP contribution is 2.35. The summed E-state index contributed by atoms with van der Waals surface area (Å²) in [6, 6.07) is 6.47. The maximum atomic E-state index is 5.65. The molecule has 4 nitrogen and oxygen atoms in total. The lowest BCUT2D eigenvalue weighted by molar-refractivity contribution is 0.303. The highest BCUT2D eigenvalue weighted by atomic mass is 16.5. The number of H-pyrrole nitrogens is 2. The number of hydrogen-bond acceptors (Lipinski definition) is 2. The number of aromatic amines is 2. The number of methoxy groups -OCH3 is 1. The molecule has 1 atom stereocenters. The molecule has 2 aliphatic rings. The van der Waals surface area contributed by atoms with Crippen molar-refractivity contribution in [2.45, 2.75) is 70.6 Å². The van der Waals surface area contributed by atoms with Crippen molar-refractivity contribution < 1.29 is 4.74 Å². The molecule has 0 spiro atoms. The van der Waals surface area contributed by atoms with E-state index in [0.717, 1.165) is 29.3 Å². The van der Waals surface area contributed by atoms with Crippen LogP contribution in [0.4, 0.5) is 0 Å². The van der Waals surface area contributed by atoms with Crippen LogP contribution in [0.1, 0.15) is 86.9 Å². The van der Waals surface area contributed by atoms with Gasteiger partial charge in [-0.15, -0.1) is 0 Å². The van der Waals surface area contributed by atoms with Crippen molar-refractivity contribution in [3.63, 3.8) is 0 Å². The molecule has 29 heavy (non-hydrogen) atoms. The molecule has 0 saturated carbocycles. The Balaban J connectivity index is 1.70. The Bertz CT molecular complexity index is 899. The summed E-state index contributed by atoms with van der Waals surface area (Å²) in [5, 5.41) is 0. The molecule has 2 aromatic rings. The van der Waals surface area contributed by atoms with Gasteiger partial charge in [0, 0.05) is 23.7 Å². The van der Waals surface area contributed by atoms with Crippen LogP contribution in [-0.2, 0) is 11.2 Å². The van der Waals surface area contributed by atoms with Crippen molar-refractivity contribution in [2.75, 3.05) is 7.11 Å². The zero-order valence-electron chi connectivity index (χ0n) is 17.8. The fourth-order valence-corrected chi connectivity index (χ4v) is 4.55. The van der Waals surface area contributed by atoms with Gasteiger partial charge in [-0.05, 0) is 61.4 Å². The van der Waals surface area contributed by atoms with Crippen LogP contribution in [-0.4, -0.2) is 22.8 Å². The molecule has 0 aromatic carbocycles. The first-order chi connectivity index (χ1) is 14.3. The summed E-state index contributed by atoms with van der Waals surface area (Å²) < 4.78 is 5.65. The van der Waals surface area contributed by atoms with E-state index in [0.29, 0.717) is 5.92 Å². The van der Waals surface area contributed by atoms with Gasteiger partial charge in [0.05, 0.1) is 18.5 Å². The fraction of sp³-hybridized carbons (Fsp3) is 0.480. The lowest BCUT2D eigenvalue weighted by atomic mass is 9.87. The second kappa shape index (κ2) is 9.34. The zero-order chi connectivity index (χ0) is 20.1. The smallest absolute Gasteiger partial charge is 0.146 e. The lowest BCUT2D eigenvalue weighted by Crippen LogP contribution is -2.01. The molecule has 0 saturated heterocycles. The molecule has 0 fully saturated rings. The summed E-state index contributed by atoms with van der Waals surface area (Å²) in [5.41, 5.74) is 6.90. The van der Waals surface area contributed by atoms with E-state index in [9.17, 15) is 0 Å². The SMILES string of the molecule is CCCC[C@@H]1CCCCCCc2cc1c(/C=C1\N=C(c3ccc[nH]3)C=C1OC)[nH]2. The zero-order valence-corrected chi connectivity index (χ0v) is 17.8. The van der Waals surface area contributed by atoms with E-state index < -0.39 is 0 Å². The van der Waals surface area contributed by atoms with Gasteiger partial charge in [-0.1, -0.05) is 39.0 Å². The average molecular weight is 392 g/mol. The summed E-state index contributed by atoms with van der Waals surface area (Å²) in [6.07, 6.45) is 17.7. The average Bonchev–Trinajstić information content (AvgIpc) is 3.47. The van der Waals surface area contributed by atoms with Crippen LogP contribution in [0.2, 0.25) is 0 Å². The molecule has 2 bridgehead atoms. The van der Waals surface area contributed by atoms with E-state index in [2.05, 4.69) is 29.0 Å². The minimum absolute atomic E-state index is 0.633. The highest BCUT2D eigenvalue weighted by molar-refractivity contribution is 6.11. The maximum Gasteiger partial charge on any atom is 0.146 e. The standard InChI is InChI=1S/C25H33N3O/c1-3-4-10-18-11-7-5-6-8-12-19-15-20(18)22(27-19)16-24-25(29-2)17-23(28-24)21-13-9-14-26-21/h9,13-18,26-27H,3-8,10-12H2,1-2H3/b24-16-/t18-/m1/s1. The van der Waals surface area contributed by atoms with Crippen molar-refractivity contribution >= 4 is 11.8 Å². The van der Waals surface area contributed by atoms with E-state index in [1.54, 1.807) is 7.11 Å². The molecular weight excluding hydrogens is 358 g/mol. The van der Waals surface area contributed by atoms with Gasteiger partial charge in [0.2, 0.25) is 0 Å². The monoisotopic (exact) mass is 391 g/mol. The first-order valence-electron chi connectivity index (χ1n) is 11.2. The molecular formula is C25H33N3O. The van der Waals surface area contributed by atoms with Crippen LogP contribution >= 0.6 is 0 Å². The molecule has 0 amide bonds. The highest BCUT2D eigenvalue weighted by Gasteiger charge is 2.21. The predicted molar refractivity (Wildman–Crippen MR) is 120 cm³/mol. The van der Waals surface area contributed by atoms with Crippen molar-refractivity contribution in [2.24, 2.45) is 4.99 Å². The summed E-state index contributed by atoms with van der Waals surface area (Å²) in [5.74, 6) is 1.46. The van der Waals surface area contributed by atoms with Crippen molar-refractivity contribution in [3.8, 4) is 0 Å². The molecule has 2 N–H and O–H groups in total. The number of hydrogen-bond donors (Lipinski definition) is 2. The van der Waals surface area contributed by atoms with Crippen LogP contribution in [0.5, 0.6) is 0 Å². The third-order valence-electron chi connectivity index (χ3n) is 6.17. The van der Waals surface area contributed by atoms with E-state index >= 15 is 0 Å². The predicted octanol–water partition coefficient (Wildman–Crippen LogP) is 6.50. The normalized spacial score (nSPS) is 21.2. The Labute approximate surface area is 174 Å². The number of unbranched alkanes of at least 4 members (excludes halogenated alkanes) is 1. The van der Waals surface area contributed by atoms with Crippen molar-refractivity contribution in [1.29, 1.82) is 0 Å². The minimum atomic E-state index is 0.633. The Morgan fingerprint density at radius 3 is 2.93 bits per heavy atom. The molecule has 1 aliphatic carbocycles. The summed E-state index contributed by atoms with van der Waals surface area (Å²) in [7, 11) is 1.72. The van der Waals surface area contributed by atoms with Crippen molar-refractivity contribution in [1.82, 2.24) is 9.97 Å². The van der Waals surface area contributed by atoms with Crippen LogP contribution < -0.4 is 0 Å². The largest absolute Gasteiger partial charge is 0.494 e. The van der Waals surface area contributed by atoms with Gasteiger partial charge in [0.25, 0.3) is 0 Å². The Kier molecular flexibility index (Phi) is 6.38. The number of ether oxygens (including phenoxy) is 1. The number of aryl methyl sites for hydroxylation is 1. The number of aliphatic imine (C=N–C) groups is 1. The van der Waals surface area contributed by atoms with E-state index in [4.69, 9.17) is 9.73 Å². The van der Waals surface area contributed by atoms with Crippen LogP contribution in [0.15, 0.2) is 46.9 Å². The maximum absolute atomic E-state index is 5.65. The Hall–Kier alpha value is -2.49. The lowest BCUT2D eigenvalue weighted by Gasteiger charge is -2.17. The van der Waals surface area contributed by atoms with Gasteiger partial charge in [-0.2, -0.15) is 0 Å². The van der Waals surface area contributed by atoms with Gasteiger partial charge in [-0.25, -0.2) is 4.99 Å². The number of fused-ring (bicyclic) bond motifs is 2. The molecule has 1 aliphatic heterocycles. The Morgan fingerprint density at radius 1 is 1.24 bits per heavy atom. The summed E-state index contributed by atoms with van der Waals surface area (Å²) in [6.45, 7) is 2.29. The van der Waals surface area contributed by atoms with Gasteiger partial charge in [0.1, 0.15) is 11.5 Å². The molecule has 4 heteroatoms. The first kappa shape index (κ1) is 19.8. The van der Waals surface area contributed by atoms with E-state index in [1.807, 2.05) is 24.4 Å². The number of allylic oxidation sites excluding steroid dienone is 1. The second-order valence-electron chi connectivity index (χ2n) is 8.28. The summed E-state index contributed by atoms with van der Waals surface area (Å²) in [4.78, 5) is 11.8. The summed E-state index contributed by atoms with van der Waals surface area (Å²) >= 11 is 0. The minimum Gasteiger partial charge on any atom is -0.494 e. The third-order valence-corrected chi connectivity index (χ3v) is 6.17. The van der Waals surface area contributed by atoms with Gasteiger partial charge in [0.15, 0.2) is 0 Å². The number of aromatic nitrogens is 2. The van der Waals surface area contributed by atoms with Gasteiger partial charge in [-0.3, -0.25) is 0 Å². The number of nitrogens with zero attached hydrogens (tertiary/aromatic N) is 1.